The Morgan fingerprint density at radius 1 is 1.15 bits per heavy atom. The van der Waals surface area contributed by atoms with E-state index in [4.69, 9.17) is 14.7 Å². The van der Waals surface area contributed by atoms with Gasteiger partial charge in [0, 0.05) is 24.9 Å². The van der Waals surface area contributed by atoms with Crippen molar-refractivity contribution in [2.24, 2.45) is 5.92 Å². The molecule has 3 aromatic rings. The van der Waals surface area contributed by atoms with Gasteiger partial charge in [0.05, 0.1) is 28.8 Å². The van der Waals surface area contributed by atoms with Crippen molar-refractivity contribution in [2.45, 2.75) is 37.4 Å². The number of rotatable bonds is 7. The topological polar surface area (TPSA) is 115 Å². The van der Waals surface area contributed by atoms with Gasteiger partial charge in [-0.1, -0.05) is 25.1 Å². The third kappa shape index (κ3) is 4.10. The number of nitrogens with zero attached hydrogens (tertiary/aromatic N) is 3. The summed E-state index contributed by atoms with van der Waals surface area (Å²) in [5.41, 5.74) is 4.39. The third-order valence-electron chi connectivity index (χ3n) is 6.30. The van der Waals surface area contributed by atoms with E-state index in [1.54, 1.807) is 24.3 Å². The maximum absolute atomic E-state index is 13.3. The molecule has 3 heterocycles. The molecule has 0 spiro atoms. The second-order valence-electron chi connectivity index (χ2n) is 8.59. The zero-order valence-corrected chi connectivity index (χ0v) is 19.8. The van der Waals surface area contributed by atoms with E-state index >= 15 is 0 Å². The summed E-state index contributed by atoms with van der Waals surface area (Å²) >= 11 is 0. The minimum atomic E-state index is -3.65. The summed E-state index contributed by atoms with van der Waals surface area (Å²) in [6, 6.07) is 14.3. The highest BCUT2D eigenvalue weighted by Crippen LogP contribution is 2.35. The first kappa shape index (κ1) is 22.6. The molecule has 34 heavy (non-hydrogen) atoms. The van der Waals surface area contributed by atoms with E-state index < -0.39 is 16.1 Å². The van der Waals surface area contributed by atoms with Crippen molar-refractivity contribution in [3.05, 3.63) is 54.2 Å². The molecule has 2 fully saturated rings. The van der Waals surface area contributed by atoms with Gasteiger partial charge in [-0.15, -0.1) is 5.48 Å². The largest absolute Gasteiger partial charge is 0.494 e. The molecule has 2 N–H and O–H groups in total. The molecule has 0 saturated carbocycles. The number of hydroxylamine groups is 1. The molecule has 0 radical (unpaired) electrons. The predicted molar refractivity (Wildman–Crippen MR) is 125 cm³/mol. The first-order chi connectivity index (χ1) is 16.4. The monoisotopic (exact) mass is 485 g/mol. The van der Waals surface area contributed by atoms with Crippen molar-refractivity contribution in [1.82, 2.24) is 24.9 Å². The van der Waals surface area contributed by atoms with Crippen molar-refractivity contribution in [3.8, 4) is 5.75 Å². The average Bonchev–Trinajstić information content (AvgIpc) is 3.52. The van der Waals surface area contributed by atoms with Gasteiger partial charge in [-0.3, -0.25) is 4.68 Å². The van der Waals surface area contributed by atoms with Crippen molar-refractivity contribution in [1.29, 1.82) is 0 Å². The molecule has 1 unspecified atom stereocenters. The summed E-state index contributed by atoms with van der Waals surface area (Å²) in [6.45, 7) is 5.17. The fraction of sp³-hybridized carbons (Fsp3) is 0.391. The molecule has 180 valence electrons. The Balaban J connectivity index is 1.41. The van der Waals surface area contributed by atoms with Crippen LogP contribution in [-0.4, -0.2) is 54.5 Å². The van der Waals surface area contributed by atoms with Crippen LogP contribution in [0.25, 0.3) is 10.9 Å². The number of fused-ring (bicyclic) bond motifs is 1. The predicted octanol–water partition coefficient (Wildman–Crippen LogP) is 2.43. The van der Waals surface area contributed by atoms with E-state index in [9.17, 15) is 13.2 Å². The Morgan fingerprint density at radius 3 is 2.62 bits per heavy atom. The van der Waals surface area contributed by atoms with Crippen molar-refractivity contribution >= 4 is 27.0 Å². The molecule has 5 rings (SSSR count). The van der Waals surface area contributed by atoms with Gasteiger partial charge in [0.25, 0.3) is 0 Å². The summed E-state index contributed by atoms with van der Waals surface area (Å²) in [4.78, 5) is 16.4. The maximum atomic E-state index is 13.3. The molecule has 2 aliphatic heterocycles. The number of ether oxygens (including phenoxy) is 1. The second-order valence-corrected chi connectivity index (χ2v) is 10.5. The fourth-order valence-corrected chi connectivity index (χ4v) is 6.17. The van der Waals surface area contributed by atoms with Crippen LogP contribution in [0.2, 0.25) is 0 Å². The summed E-state index contributed by atoms with van der Waals surface area (Å²) in [5, 5.41) is 8.52. The molecule has 3 atom stereocenters. The Morgan fingerprint density at radius 2 is 1.91 bits per heavy atom. The highest BCUT2D eigenvalue weighted by Gasteiger charge is 2.39. The summed E-state index contributed by atoms with van der Waals surface area (Å²) in [6.07, 6.45) is -0.459. The molecule has 1 amide bonds. The number of para-hydroxylation sites is 1. The van der Waals surface area contributed by atoms with Gasteiger partial charge in [-0.05, 0) is 43.2 Å². The lowest BCUT2D eigenvalue weighted by atomic mass is 10.1. The first-order valence-electron chi connectivity index (χ1n) is 11.3. The third-order valence-corrected chi connectivity index (χ3v) is 8.15. The van der Waals surface area contributed by atoms with Gasteiger partial charge in [-0.2, -0.15) is 9.40 Å². The lowest BCUT2D eigenvalue weighted by molar-refractivity contribution is 0.121. The van der Waals surface area contributed by atoms with Gasteiger partial charge in [0.15, 0.2) is 0 Å². The average molecular weight is 486 g/mol. The second kappa shape index (κ2) is 8.90. The zero-order chi connectivity index (χ0) is 23.9. The number of carbonyl (C=O) groups excluding carboxylic acids is 1. The van der Waals surface area contributed by atoms with Crippen molar-refractivity contribution < 1.29 is 22.8 Å². The minimum Gasteiger partial charge on any atom is -0.494 e. The SMILES string of the molecule is CCOc1ccc(S(=O)(=O)N2C[C@@H](C)[C@@H](n3nc(CC4NOC(=O)N4)c4ccccc43)C2)cc1. The molecule has 0 aliphatic carbocycles. The van der Waals surface area contributed by atoms with E-state index in [-0.39, 0.29) is 23.0 Å². The van der Waals surface area contributed by atoms with Gasteiger partial charge in [-0.25, -0.2) is 13.2 Å². The Hall–Kier alpha value is -3.15. The molecule has 2 aromatic carbocycles. The molecule has 10 nitrogen and oxygen atoms in total. The normalized spacial score (nSPS) is 23.2. The molecular formula is C23H27N5O5S. The van der Waals surface area contributed by atoms with Gasteiger partial charge < -0.3 is 14.9 Å². The quantitative estimate of drug-likeness (QED) is 0.528. The molecule has 0 bridgehead atoms. The highest BCUT2D eigenvalue weighted by molar-refractivity contribution is 7.89. The molecular weight excluding hydrogens is 458 g/mol. The molecule has 2 aliphatic rings. The lowest BCUT2D eigenvalue weighted by Crippen LogP contribution is -2.34. The van der Waals surface area contributed by atoms with E-state index in [2.05, 4.69) is 10.8 Å². The van der Waals surface area contributed by atoms with Crippen LogP contribution >= 0.6 is 0 Å². The number of sulfonamides is 1. The number of hydrogen-bond acceptors (Lipinski definition) is 7. The smallest absolute Gasteiger partial charge is 0.427 e. The van der Waals surface area contributed by atoms with E-state index in [0.717, 1.165) is 16.6 Å². The summed E-state index contributed by atoms with van der Waals surface area (Å²) in [7, 11) is -3.65. The lowest BCUT2D eigenvalue weighted by Gasteiger charge is -2.18. The van der Waals surface area contributed by atoms with Crippen LogP contribution in [0.3, 0.4) is 0 Å². The zero-order valence-electron chi connectivity index (χ0n) is 19.0. The van der Waals surface area contributed by atoms with Crippen LogP contribution in [0, 0.1) is 5.92 Å². The minimum absolute atomic E-state index is 0.0567. The van der Waals surface area contributed by atoms with Crippen molar-refractivity contribution in [3.63, 3.8) is 0 Å². The van der Waals surface area contributed by atoms with E-state index in [1.165, 1.54) is 4.31 Å². The molecule has 11 heteroatoms. The molecule has 2 saturated heterocycles. The number of hydrogen-bond donors (Lipinski definition) is 2. The number of carbonyl (C=O) groups is 1. The van der Waals surface area contributed by atoms with Gasteiger partial charge in [0.1, 0.15) is 11.9 Å². The fourth-order valence-electron chi connectivity index (χ4n) is 4.61. The number of benzene rings is 2. The standard InChI is InChI=1S/C23H27N5O5S/c1-3-32-16-8-10-17(11-9-16)34(30,31)27-13-15(2)21(14-27)28-20-7-5-4-6-18(20)19(25-28)12-22-24-23(29)33-26-22/h4-11,15,21-22,26H,3,12-14H2,1-2H3,(H,24,29)/t15-,21+,22?/m1/s1. The number of aromatic nitrogens is 2. The van der Waals surface area contributed by atoms with Crippen LogP contribution in [0.5, 0.6) is 5.75 Å². The van der Waals surface area contributed by atoms with E-state index in [1.807, 2.05) is 42.8 Å². The maximum Gasteiger partial charge on any atom is 0.427 e. The van der Waals surface area contributed by atoms with Crippen LogP contribution < -0.4 is 15.5 Å². The summed E-state index contributed by atoms with van der Waals surface area (Å²) in [5.74, 6) is 0.698. The number of amides is 1. The van der Waals surface area contributed by atoms with Crippen LogP contribution in [0.1, 0.15) is 25.6 Å². The Kier molecular flexibility index (Phi) is 5.92. The summed E-state index contributed by atoms with van der Waals surface area (Å²) < 4.78 is 35.6. The van der Waals surface area contributed by atoms with Gasteiger partial charge >= 0.3 is 6.09 Å². The van der Waals surface area contributed by atoms with Crippen LogP contribution in [-0.2, 0) is 21.3 Å². The number of nitrogens with one attached hydrogen (secondary N) is 2. The van der Waals surface area contributed by atoms with Crippen LogP contribution in [0.15, 0.2) is 53.4 Å². The Labute approximate surface area is 197 Å². The molecule has 1 aromatic heterocycles. The van der Waals surface area contributed by atoms with E-state index in [0.29, 0.717) is 31.9 Å². The first-order valence-corrected chi connectivity index (χ1v) is 12.7. The highest BCUT2D eigenvalue weighted by atomic mass is 32.2. The van der Waals surface area contributed by atoms with Crippen LogP contribution in [0.4, 0.5) is 4.79 Å². The Bertz CT molecular complexity index is 1310. The van der Waals surface area contributed by atoms with Gasteiger partial charge in [0.2, 0.25) is 10.0 Å². The van der Waals surface area contributed by atoms with Crippen molar-refractivity contribution in [2.75, 3.05) is 19.7 Å².